The first-order chi connectivity index (χ1) is 21.4. The number of rotatable bonds is 10. The summed E-state index contributed by atoms with van der Waals surface area (Å²) in [6.07, 6.45) is 1.54. The largest absolute Gasteiger partial charge is 0.497 e. The summed E-state index contributed by atoms with van der Waals surface area (Å²) in [6.45, 7) is 4.67. The van der Waals surface area contributed by atoms with Gasteiger partial charge in [0, 0.05) is 41.9 Å². The van der Waals surface area contributed by atoms with Gasteiger partial charge in [-0.2, -0.15) is 0 Å². The number of fused-ring (bicyclic) bond motifs is 1. The van der Waals surface area contributed by atoms with Crippen LogP contribution in [0.5, 0.6) is 17.2 Å². The van der Waals surface area contributed by atoms with Crippen molar-refractivity contribution in [1.29, 1.82) is 0 Å². The van der Waals surface area contributed by atoms with Crippen LogP contribution in [0.3, 0.4) is 0 Å². The smallest absolute Gasteiger partial charge is 0.323 e. The fourth-order valence-electron chi connectivity index (χ4n) is 4.91. The van der Waals surface area contributed by atoms with Gasteiger partial charge in [-0.25, -0.2) is 9.07 Å². The van der Waals surface area contributed by atoms with E-state index in [4.69, 9.17) is 15.2 Å². The Hall–Kier alpha value is -5.20. The Bertz CT molecular complexity index is 1980. The number of aliphatic carboxylic acids is 1. The van der Waals surface area contributed by atoms with E-state index >= 15 is 4.39 Å². The maximum absolute atomic E-state index is 15.2. The number of hydrogen-bond donors (Lipinski definition) is 3. The van der Waals surface area contributed by atoms with E-state index in [0.29, 0.717) is 28.1 Å². The molecule has 0 bridgehead atoms. The van der Waals surface area contributed by atoms with Gasteiger partial charge in [0.05, 0.1) is 24.0 Å². The summed E-state index contributed by atoms with van der Waals surface area (Å²) >= 11 is 0. The lowest BCUT2D eigenvalue weighted by Gasteiger charge is -2.28. The van der Waals surface area contributed by atoms with Crippen LogP contribution in [0.25, 0.3) is 16.6 Å². The molecule has 2 aromatic heterocycles. The number of hydrogen-bond acceptors (Lipinski definition) is 7. The topological polar surface area (TPSA) is 151 Å². The number of carbonyl (C=O) groups is 2. The van der Waals surface area contributed by atoms with Crippen LogP contribution < -0.4 is 26.1 Å². The minimum Gasteiger partial charge on any atom is -0.497 e. The second kappa shape index (κ2) is 13.4. The first-order valence-electron chi connectivity index (χ1n) is 14.0. The SMILES string of the molecule is COc1ccc2c(Oc3ccc(NC(=O)c4c(C)n(C[C@@H](C)[C@](C)(N)C(=O)O)n(-c5ccccc5)c4=O)cc3F)ccnc2c1.Cl. The number of nitrogens with one attached hydrogen (secondary N) is 1. The van der Waals surface area contributed by atoms with E-state index in [-0.39, 0.29) is 41.6 Å². The lowest BCUT2D eigenvalue weighted by molar-refractivity contribution is -0.144. The van der Waals surface area contributed by atoms with E-state index in [1.54, 1.807) is 75.6 Å². The highest BCUT2D eigenvalue weighted by atomic mass is 35.5. The van der Waals surface area contributed by atoms with Crippen LogP contribution in [-0.4, -0.2) is 44.0 Å². The average Bonchev–Trinajstić information content (AvgIpc) is 3.26. The Balaban J connectivity index is 0.00000480. The molecule has 0 spiro atoms. The molecule has 240 valence electrons. The van der Waals surface area contributed by atoms with Crippen molar-refractivity contribution in [2.45, 2.75) is 32.9 Å². The quantitative estimate of drug-likeness (QED) is 0.178. The van der Waals surface area contributed by atoms with Gasteiger partial charge in [-0.05, 0) is 56.3 Å². The molecule has 2 atom stereocenters. The van der Waals surface area contributed by atoms with Crippen LogP contribution in [0.4, 0.5) is 10.1 Å². The van der Waals surface area contributed by atoms with Gasteiger partial charge in [0.15, 0.2) is 11.6 Å². The number of nitrogens with zero attached hydrogens (tertiary/aromatic N) is 3. The Morgan fingerprint density at radius 1 is 1.09 bits per heavy atom. The summed E-state index contributed by atoms with van der Waals surface area (Å²) in [7, 11) is 1.55. The number of amides is 1. The molecule has 0 radical (unpaired) electrons. The molecule has 0 aliphatic rings. The number of nitrogens with two attached hydrogens (primary N) is 1. The zero-order chi connectivity index (χ0) is 32.5. The number of carboxylic acids is 1. The van der Waals surface area contributed by atoms with Crippen molar-refractivity contribution < 1.29 is 28.6 Å². The number of carbonyl (C=O) groups excluding carboxylic acids is 1. The molecule has 0 aliphatic heterocycles. The van der Waals surface area contributed by atoms with Crippen molar-refractivity contribution >= 4 is 40.9 Å². The lowest BCUT2D eigenvalue weighted by atomic mass is 9.88. The lowest BCUT2D eigenvalue weighted by Crippen LogP contribution is -2.52. The molecule has 46 heavy (non-hydrogen) atoms. The number of carboxylic acid groups (broad SMARTS) is 1. The highest BCUT2D eigenvalue weighted by Crippen LogP contribution is 2.33. The average molecular weight is 650 g/mol. The van der Waals surface area contributed by atoms with Gasteiger partial charge in [0.1, 0.15) is 22.6 Å². The third-order valence-corrected chi connectivity index (χ3v) is 7.88. The molecular weight excluding hydrogens is 617 g/mol. The highest BCUT2D eigenvalue weighted by molar-refractivity contribution is 6.05. The molecule has 0 aliphatic carbocycles. The number of anilines is 1. The number of para-hydroxylation sites is 1. The van der Waals surface area contributed by atoms with Crippen molar-refractivity contribution in [3.63, 3.8) is 0 Å². The van der Waals surface area contributed by atoms with Gasteiger partial charge in [-0.3, -0.25) is 24.0 Å². The van der Waals surface area contributed by atoms with E-state index in [1.807, 2.05) is 0 Å². The van der Waals surface area contributed by atoms with Crippen LogP contribution >= 0.6 is 12.4 Å². The summed E-state index contributed by atoms with van der Waals surface area (Å²) in [5.74, 6) is -2.42. The van der Waals surface area contributed by atoms with Crippen molar-refractivity contribution in [3.05, 3.63) is 106 Å². The van der Waals surface area contributed by atoms with Crippen LogP contribution in [-0.2, 0) is 11.3 Å². The Morgan fingerprint density at radius 2 is 1.80 bits per heavy atom. The monoisotopic (exact) mass is 649 g/mol. The summed E-state index contributed by atoms with van der Waals surface area (Å²) in [5.41, 5.74) is 5.13. The predicted octanol–water partition coefficient (Wildman–Crippen LogP) is 5.55. The molecule has 0 fully saturated rings. The number of ether oxygens (including phenoxy) is 2. The predicted molar refractivity (Wildman–Crippen MR) is 174 cm³/mol. The molecule has 5 aromatic rings. The molecule has 4 N–H and O–H groups in total. The van der Waals surface area contributed by atoms with E-state index in [2.05, 4.69) is 10.3 Å². The van der Waals surface area contributed by atoms with E-state index in [0.717, 1.165) is 6.07 Å². The molecule has 0 saturated carbocycles. The molecule has 13 heteroatoms. The molecule has 0 saturated heterocycles. The van der Waals surface area contributed by atoms with Crippen LogP contribution in [0.1, 0.15) is 29.9 Å². The Kier molecular flexibility index (Phi) is 9.83. The third kappa shape index (κ3) is 6.44. The standard InChI is InChI=1S/C33H32FN5O6.ClH/c1-19(33(3,35)32(42)43)18-38-20(2)29(31(41)39(38)22-8-6-5-7-9-22)30(40)37-21-10-13-28(25(34)16-21)45-27-14-15-36-26-17-23(44-4)11-12-24(26)27;/h5-17,19H,18,35H2,1-4H3,(H,37,40)(H,42,43);1H/t19-,33+;/m1./s1. The Labute approximate surface area is 269 Å². The molecule has 3 aromatic carbocycles. The van der Waals surface area contributed by atoms with E-state index in [9.17, 15) is 19.5 Å². The fourth-order valence-corrected chi connectivity index (χ4v) is 4.91. The molecule has 1 amide bonds. The van der Waals surface area contributed by atoms with Gasteiger partial charge in [-0.15, -0.1) is 12.4 Å². The van der Waals surface area contributed by atoms with Crippen molar-refractivity contribution in [2.75, 3.05) is 12.4 Å². The van der Waals surface area contributed by atoms with Gasteiger partial charge in [0.2, 0.25) is 0 Å². The zero-order valence-electron chi connectivity index (χ0n) is 25.5. The van der Waals surface area contributed by atoms with Gasteiger partial charge >= 0.3 is 5.97 Å². The highest BCUT2D eigenvalue weighted by Gasteiger charge is 2.36. The van der Waals surface area contributed by atoms with Crippen LogP contribution in [0.2, 0.25) is 0 Å². The van der Waals surface area contributed by atoms with Gasteiger partial charge in [0.25, 0.3) is 11.5 Å². The number of methoxy groups -OCH3 is 1. The summed E-state index contributed by atoms with van der Waals surface area (Å²) in [6, 6.07) is 19.4. The molecule has 0 unspecified atom stereocenters. The normalized spacial score (nSPS) is 12.9. The third-order valence-electron chi connectivity index (χ3n) is 7.88. The minimum absolute atomic E-state index is 0. The number of benzene rings is 3. The van der Waals surface area contributed by atoms with Crippen LogP contribution in [0, 0.1) is 18.7 Å². The second-order valence-corrected chi connectivity index (χ2v) is 10.9. The first kappa shape index (κ1) is 33.7. The maximum atomic E-state index is 15.2. The van der Waals surface area contributed by atoms with E-state index in [1.165, 1.54) is 34.6 Å². The summed E-state index contributed by atoms with van der Waals surface area (Å²) in [4.78, 5) is 43.3. The summed E-state index contributed by atoms with van der Waals surface area (Å²) in [5, 5.41) is 12.9. The second-order valence-electron chi connectivity index (χ2n) is 10.9. The van der Waals surface area contributed by atoms with Gasteiger partial charge in [-0.1, -0.05) is 25.1 Å². The van der Waals surface area contributed by atoms with Crippen molar-refractivity contribution in [2.24, 2.45) is 11.7 Å². The zero-order valence-corrected chi connectivity index (χ0v) is 26.3. The summed E-state index contributed by atoms with van der Waals surface area (Å²) < 4.78 is 29.2. The number of halogens is 2. The molecular formula is C33H33ClFN5O6. The fraction of sp³-hybridized carbons (Fsp3) is 0.212. The maximum Gasteiger partial charge on any atom is 0.323 e. The van der Waals surface area contributed by atoms with Crippen LogP contribution in [0.15, 0.2) is 83.8 Å². The molecule has 11 nitrogen and oxygen atoms in total. The Morgan fingerprint density at radius 3 is 2.46 bits per heavy atom. The van der Waals surface area contributed by atoms with Crippen molar-refractivity contribution in [3.8, 4) is 22.9 Å². The van der Waals surface area contributed by atoms with Gasteiger partial charge < -0.3 is 25.6 Å². The minimum atomic E-state index is -1.60. The molecule has 5 rings (SSSR count). The van der Waals surface area contributed by atoms with E-state index < -0.39 is 34.7 Å². The number of aromatic nitrogens is 3. The number of pyridine rings is 1. The first-order valence-corrected chi connectivity index (χ1v) is 14.0. The van der Waals surface area contributed by atoms with Crippen molar-refractivity contribution in [1.82, 2.24) is 14.3 Å². The molecule has 2 heterocycles.